The molecule has 0 spiro atoms. The number of ether oxygens (including phenoxy) is 2. The Morgan fingerprint density at radius 1 is 1.52 bits per heavy atom. The van der Waals surface area contributed by atoms with Gasteiger partial charge < -0.3 is 14.8 Å². The Morgan fingerprint density at radius 3 is 3.33 bits per heavy atom. The van der Waals surface area contributed by atoms with Crippen molar-refractivity contribution in [1.29, 1.82) is 0 Å². The Labute approximate surface area is 127 Å². The van der Waals surface area contributed by atoms with Crippen molar-refractivity contribution in [1.82, 2.24) is 10.3 Å². The average molecular weight is 306 g/mol. The van der Waals surface area contributed by atoms with Gasteiger partial charge in [-0.15, -0.1) is 11.3 Å². The molecule has 1 fully saturated rings. The molecule has 0 bridgehead atoms. The van der Waals surface area contributed by atoms with Crippen molar-refractivity contribution in [2.45, 2.75) is 25.5 Å². The van der Waals surface area contributed by atoms with Crippen LogP contribution in [0.2, 0.25) is 0 Å². The number of aromatic nitrogens is 1. The van der Waals surface area contributed by atoms with E-state index in [1.54, 1.807) is 11.3 Å². The number of rotatable bonds is 6. The summed E-state index contributed by atoms with van der Waals surface area (Å²) in [4.78, 5) is 16.0. The lowest BCUT2D eigenvalue weighted by Gasteiger charge is -2.10. The van der Waals surface area contributed by atoms with Crippen LogP contribution in [0.15, 0.2) is 23.7 Å². The topological polar surface area (TPSA) is 60.5 Å². The first-order valence-corrected chi connectivity index (χ1v) is 7.98. The number of benzene rings is 1. The lowest BCUT2D eigenvalue weighted by atomic mass is 10.2. The lowest BCUT2D eigenvalue weighted by molar-refractivity contribution is -0.127. The fourth-order valence-corrected chi connectivity index (χ4v) is 3.19. The molecule has 21 heavy (non-hydrogen) atoms. The molecule has 5 nitrogen and oxygen atoms in total. The minimum atomic E-state index is -0.102. The zero-order valence-corrected chi connectivity index (χ0v) is 12.5. The van der Waals surface area contributed by atoms with Crippen LogP contribution in [0.25, 0.3) is 10.2 Å². The largest absolute Gasteiger partial charge is 0.376 e. The lowest BCUT2D eigenvalue weighted by Crippen LogP contribution is -2.28. The van der Waals surface area contributed by atoms with E-state index in [0.29, 0.717) is 13.2 Å². The van der Waals surface area contributed by atoms with E-state index in [-0.39, 0.29) is 18.6 Å². The highest BCUT2D eigenvalue weighted by Gasteiger charge is 2.16. The number of hydrogen-bond acceptors (Lipinski definition) is 5. The van der Waals surface area contributed by atoms with Gasteiger partial charge in [0.1, 0.15) is 6.61 Å². The first-order valence-electron chi connectivity index (χ1n) is 7.10. The van der Waals surface area contributed by atoms with Crippen LogP contribution in [0.1, 0.15) is 18.4 Å². The van der Waals surface area contributed by atoms with Gasteiger partial charge in [0.25, 0.3) is 0 Å². The standard InChI is InChI=1S/C15H18N2O3S/c18-14(9-19-8-12-4-2-6-20-12)16-7-11-3-1-5-13-15(11)21-10-17-13/h1,3,5,10,12H,2,4,6-9H2,(H,16,18). The summed E-state index contributed by atoms with van der Waals surface area (Å²) in [5.74, 6) is -0.102. The number of carbonyl (C=O) groups excluding carboxylic acids is 1. The molecule has 2 heterocycles. The summed E-state index contributed by atoms with van der Waals surface area (Å²) in [6.45, 7) is 1.89. The first-order chi connectivity index (χ1) is 10.3. The third kappa shape index (κ3) is 3.78. The van der Waals surface area contributed by atoms with E-state index in [2.05, 4.69) is 10.3 Å². The smallest absolute Gasteiger partial charge is 0.246 e. The van der Waals surface area contributed by atoms with E-state index in [1.807, 2.05) is 23.7 Å². The molecule has 1 atom stereocenters. The zero-order valence-electron chi connectivity index (χ0n) is 11.7. The van der Waals surface area contributed by atoms with Gasteiger partial charge >= 0.3 is 0 Å². The number of nitrogens with zero attached hydrogens (tertiary/aromatic N) is 1. The third-order valence-corrected chi connectivity index (χ3v) is 4.39. The molecule has 0 radical (unpaired) electrons. The number of thiazole rings is 1. The van der Waals surface area contributed by atoms with Crippen LogP contribution in [0.4, 0.5) is 0 Å². The van der Waals surface area contributed by atoms with Gasteiger partial charge in [0.15, 0.2) is 0 Å². The van der Waals surface area contributed by atoms with Crippen LogP contribution >= 0.6 is 11.3 Å². The maximum Gasteiger partial charge on any atom is 0.246 e. The molecule has 1 aliphatic heterocycles. The zero-order chi connectivity index (χ0) is 14.5. The van der Waals surface area contributed by atoms with Gasteiger partial charge in [-0.05, 0) is 24.5 Å². The summed E-state index contributed by atoms with van der Waals surface area (Å²) >= 11 is 1.59. The van der Waals surface area contributed by atoms with Crippen molar-refractivity contribution < 1.29 is 14.3 Å². The van der Waals surface area contributed by atoms with Crippen LogP contribution in [0.3, 0.4) is 0 Å². The number of fused-ring (bicyclic) bond motifs is 1. The predicted molar refractivity (Wildman–Crippen MR) is 81.3 cm³/mol. The minimum Gasteiger partial charge on any atom is -0.376 e. The second kappa shape index (κ2) is 6.98. The molecule has 1 unspecified atom stereocenters. The SMILES string of the molecule is O=C(COCC1CCCO1)NCc1cccc2ncsc12. The predicted octanol–water partition coefficient (Wildman–Crippen LogP) is 2.11. The fourth-order valence-electron chi connectivity index (χ4n) is 2.39. The van der Waals surface area contributed by atoms with E-state index in [9.17, 15) is 4.79 Å². The molecule has 1 aromatic heterocycles. The second-order valence-corrected chi connectivity index (χ2v) is 5.90. The van der Waals surface area contributed by atoms with Crippen LogP contribution in [-0.2, 0) is 20.8 Å². The normalized spacial score (nSPS) is 18.2. The monoisotopic (exact) mass is 306 g/mol. The molecule has 1 aliphatic rings. The maximum absolute atomic E-state index is 11.8. The van der Waals surface area contributed by atoms with Crippen molar-refractivity contribution >= 4 is 27.5 Å². The summed E-state index contributed by atoms with van der Waals surface area (Å²) < 4.78 is 12.0. The summed E-state index contributed by atoms with van der Waals surface area (Å²) in [6, 6.07) is 5.94. The molecule has 2 aromatic rings. The van der Waals surface area contributed by atoms with Gasteiger partial charge in [0.05, 0.1) is 28.4 Å². The highest BCUT2D eigenvalue weighted by molar-refractivity contribution is 7.16. The highest BCUT2D eigenvalue weighted by atomic mass is 32.1. The van der Waals surface area contributed by atoms with E-state index < -0.39 is 0 Å². The maximum atomic E-state index is 11.8. The molecule has 1 aromatic carbocycles. The summed E-state index contributed by atoms with van der Waals surface area (Å²) in [6.07, 6.45) is 2.26. The molecule has 6 heteroatoms. The van der Waals surface area contributed by atoms with Gasteiger partial charge in [0.2, 0.25) is 5.91 Å². The number of hydrogen-bond donors (Lipinski definition) is 1. The van der Waals surface area contributed by atoms with Gasteiger partial charge in [-0.25, -0.2) is 4.98 Å². The number of amides is 1. The van der Waals surface area contributed by atoms with Crippen molar-refractivity contribution in [3.8, 4) is 0 Å². The van der Waals surface area contributed by atoms with Gasteiger partial charge in [-0.3, -0.25) is 4.79 Å². The minimum absolute atomic E-state index is 0.0819. The molecule has 1 N–H and O–H groups in total. The molecular formula is C15H18N2O3S. The van der Waals surface area contributed by atoms with Gasteiger partial charge in [0, 0.05) is 13.2 Å². The van der Waals surface area contributed by atoms with Crippen molar-refractivity contribution in [2.24, 2.45) is 0 Å². The molecule has 0 aliphatic carbocycles. The summed E-state index contributed by atoms with van der Waals surface area (Å²) in [5, 5.41) is 2.88. The van der Waals surface area contributed by atoms with Crippen molar-refractivity contribution in [3.05, 3.63) is 29.3 Å². The van der Waals surface area contributed by atoms with Crippen LogP contribution < -0.4 is 5.32 Å². The molecule has 3 rings (SSSR count). The van der Waals surface area contributed by atoms with Crippen LogP contribution in [0, 0.1) is 0 Å². The Balaban J connectivity index is 1.44. The molecule has 1 saturated heterocycles. The van der Waals surface area contributed by atoms with E-state index >= 15 is 0 Å². The Hall–Kier alpha value is -1.50. The molecule has 0 saturated carbocycles. The number of nitrogens with one attached hydrogen (secondary N) is 1. The van der Waals surface area contributed by atoms with E-state index in [1.165, 1.54) is 0 Å². The van der Waals surface area contributed by atoms with Crippen LogP contribution in [-0.4, -0.2) is 36.8 Å². The average Bonchev–Trinajstić information content (AvgIpc) is 3.16. The third-order valence-electron chi connectivity index (χ3n) is 3.48. The van der Waals surface area contributed by atoms with Gasteiger partial charge in [-0.2, -0.15) is 0 Å². The second-order valence-electron chi connectivity index (χ2n) is 5.04. The Morgan fingerprint density at radius 2 is 2.48 bits per heavy atom. The fraction of sp³-hybridized carbons (Fsp3) is 0.467. The van der Waals surface area contributed by atoms with Gasteiger partial charge in [-0.1, -0.05) is 12.1 Å². The van der Waals surface area contributed by atoms with E-state index in [0.717, 1.165) is 35.2 Å². The molecule has 1 amide bonds. The Kier molecular flexibility index (Phi) is 4.80. The quantitative estimate of drug-likeness (QED) is 0.888. The molecular weight excluding hydrogens is 288 g/mol. The summed E-state index contributed by atoms with van der Waals surface area (Å²) in [7, 11) is 0. The first kappa shape index (κ1) is 14.4. The highest BCUT2D eigenvalue weighted by Crippen LogP contribution is 2.21. The van der Waals surface area contributed by atoms with Crippen molar-refractivity contribution in [3.63, 3.8) is 0 Å². The summed E-state index contributed by atoms with van der Waals surface area (Å²) in [5.41, 5.74) is 3.88. The number of carbonyl (C=O) groups is 1. The Bertz CT molecular complexity index is 608. The van der Waals surface area contributed by atoms with E-state index in [4.69, 9.17) is 9.47 Å². The molecule has 112 valence electrons. The van der Waals surface area contributed by atoms with Crippen molar-refractivity contribution in [2.75, 3.05) is 19.8 Å². The van der Waals surface area contributed by atoms with Crippen LogP contribution in [0.5, 0.6) is 0 Å².